The molecular weight excluding hydrogens is 326 g/mol. The number of hydrogen-bond acceptors (Lipinski definition) is 4. The van der Waals surface area contributed by atoms with Crippen molar-refractivity contribution >= 4 is 5.96 Å². The van der Waals surface area contributed by atoms with E-state index in [0.717, 1.165) is 31.3 Å². The normalized spacial score (nSPS) is 17.2. The lowest BCUT2D eigenvalue weighted by atomic mass is 10.1. The molecule has 0 aliphatic carbocycles. The van der Waals surface area contributed by atoms with Crippen LogP contribution in [-0.2, 0) is 0 Å². The number of likely N-dealkylation sites (tertiary alicyclic amines) is 1. The summed E-state index contributed by atoms with van der Waals surface area (Å²) in [5.74, 6) is 1.75. The third-order valence-corrected chi connectivity index (χ3v) is 4.98. The van der Waals surface area contributed by atoms with Gasteiger partial charge >= 0.3 is 0 Å². The molecule has 2 N–H and O–H groups in total. The van der Waals surface area contributed by atoms with Crippen molar-refractivity contribution in [2.75, 3.05) is 61.0 Å². The molecule has 146 valence electrons. The molecular formula is C20H35N5O. The lowest BCUT2D eigenvalue weighted by Gasteiger charge is -2.28. The molecule has 26 heavy (non-hydrogen) atoms. The molecule has 0 saturated carbocycles. The highest BCUT2D eigenvalue weighted by atomic mass is 16.5. The topological polar surface area (TPSA) is 52.1 Å². The summed E-state index contributed by atoms with van der Waals surface area (Å²) in [7, 11) is 7.72. The van der Waals surface area contributed by atoms with E-state index in [-0.39, 0.29) is 6.04 Å². The van der Waals surface area contributed by atoms with Crippen LogP contribution in [-0.4, -0.2) is 76.7 Å². The van der Waals surface area contributed by atoms with Crippen molar-refractivity contribution in [2.24, 2.45) is 4.99 Å². The Kier molecular flexibility index (Phi) is 8.71. The molecule has 2 rings (SSSR count). The van der Waals surface area contributed by atoms with Crippen LogP contribution in [0.25, 0.3) is 0 Å². The molecule has 1 saturated heterocycles. The molecule has 0 bridgehead atoms. The van der Waals surface area contributed by atoms with Gasteiger partial charge in [0.25, 0.3) is 0 Å². The Morgan fingerprint density at radius 2 is 1.85 bits per heavy atom. The summed E-state index contributed by atoms with van der Waals surface area (Å²) in [6.45, 7) is 5.26. The van der Waals surface area contributed by atoms with E-state index in [0.29, 0.717) is 0 Å². The molecule has 1 fully saturated rings. The van der Waals surface area contributed by atoms with Gasteiger partial charge in [-0.1, -0.05) is 18.6 Å². The minimum absolute atomic E-state index is 0.265. The number of methoxy groups -OCH3 is 1. The van der Waals surface area contributed by atoms with Gasteiger partial charge in [-0.3, -0.25) is 4.99 Å². The fourth-order valence-corrected chi connectivity index (χ4v) is 3.35. The number of piperidine rings is 1. The van der Waals surface area contributed by atoms with Gasteiger partial charge in [0.2, 0.25) is 0 Å². The summed E-state index contributed by atoms with van der Waals surface area (Å²) in [6, 6.07) is 8.53. The average Bonchev–Trinajstić information content (AvgIpc) is 2.67. The van der Waals surface area contributed by atoms with Gasteiger partial charge in [-0.2, -0.15) is 0 Å². The molecule has 1 aromatic carbocycles. The number of rotatable bonds is 8. The third kappa shape index (κ3) is 6.50. The minimum Gasteiger partial charge on any atom is -0.497 e. The summed E-state index contributed by atoms with van der Waals surface area (Å²) in [4.78, 5) is 9.11. The number of nitrogens with zero attached hydrogens (tertiary/aromatic N) is 3. The lowest BCUT2D eigenvalue weighted by molar-refractivity contribution is 0.232. The number of nitrogens with one attached hydrogen (secondary N) is 2. The zero-order valence-electron chi connectivity index (χ0n) is 16.8. The average molecular weight is 362 g/mol. The van der Waals surface area contributed by atoms with E-state index in [1.165, 1.54) is 37.9 Å². The number of hydrogen-bond donors (Lipinski definition) is 2. The fourth-order valence-electron chi connectivity index (χ4n) is 3.35. The fraction of sp³-hybridized carbons (Fsp3) is 0.650. The maximum absolute atomic E-state index is 5.26. The maximum Gasteiger partial charge on any atom is 0.191 e. The zero-order valence-corrected chi connectivity index (χ0v) is 16.8. The first-order valence-electron chi connectivity index (χ1n) is 9.61. The van der Waals surface area contributed by atoms with Crippen molar-refractivity contribution in [3.8, 4) is 5.75 Å². The predicted octanol–water partition coefficient (Wildman–Crippen LogP) is 1.95. The van der Waals surface area contributed by atoms with Crippen molar-refractivity contribution in [1.82, 2.24) is 20.4 Å². The monoisotopic (exact) mass is 361 g/mol. The van der Waals surface area contributed by atoms with Gasteiger partial charge in [-0.25, -0.2) is 0 Å². The van der Waals surface area contributed by atoms with Crippen LogP contribution in [0, 0.1) is 0 Å². The van der Waals surface area contributed by atoms with Gasteiger partial charge in [0, 0.05) is 26.7 Å². The molecule has 1 heterocycles. The van der Waals surface area contributed by atoms with E-state index < -0.39 is 0 Å². The van der Waals surface area contributed by atoms with E-state index in [2.05, 4.69) is 51.7 Å². The second-order valence-electron chi connectivity index (χ2n) is 7.03. The number of benzene rings is 1. The van der Waals surface area contributed by atoms with E-state index in [9.17, 15) is 0 Å². The summed E-state index contributed by atoms with van der Waals surface area (Å²) in [5.41, 5.74) is 1.26. The van der Waals surface area contributed by atoms with Gasteiger partial charge in [0.1, 0.15) is 5.75 Å². The molecule has 1 unspecified atom stereocenters. The zero-order chi connectivity index (χ0) is 18.8. The summed E-state index contributed by atoms with van der Waals surface area (Å²) < 4.78 is 5.26. The largest absolute Gasteiger partial charge is 0.497 e. The Hall–Kier alpha value is -1.79. The summed E-state index contributed by atoms with van der Waals surface area (Å²) >= 11 is 0. The maximum atomic E-state index is 5.26. The standard InChI is InChI=1S/C20H35N5O/c1-21-20(22-12-15-25-13-6-5-7-14-25)23-16-19(24(2)3)17-8-10-18(26-4)11-9-17/h8-11,19H,5-7,12-16H2,1-4H3,(H2,21,22,23). The summed E-state index contributed by atoms with van der Waals surface area (Å²) in [5, 5.41) is 6.90. The van der Waals surface area contributed by atoms with Crippen molar-refractivity contribution < 1.29 is 4.74 Å². The molecule has 1 aromatic rings. The van der Waals surface area contributed by atoms with Crippen LogP contribution in [0.15, 0.2) is 29.3 Å². The van der Waals surface area contributed by atoms with Crippen molar-refractivity contribution in [1.29, 1.82) is 0 Å². The Balaban J connectivity index is 1.81. The van der Waals surface area contributed by atoms with Crippen LogP contribution in [0.2, 0.25) is 0 Å². The minimum atomic E-state index is 0.265. The highest BCUT2D eigenvalue weighted by Crippen LogP contribution is 2.20. The Labute approximate surface area is 158 Å². The Bertz CT molecular complexity index is 538. The van der Waals surface area contributed by atoms with E-state index in [1.807, 2.05) is 19.2 Å². The molecule has 0 aromatic heterocycles. The van der Waals surface area contributed by atoms with Gasteiger partial charge in [0.15, 0.2) is 5.96 Å². The van der Waals surface area contributed by atoms with Crippen LogP contribution in [0.1, 0.15) is 30.9 Å². The quantitative estimate of drug-likeness (QED) is 0.548. The predicted molar refractivity (Wildman–Crippen MR) is 109 cm³/mol. The van der Waals surface area contributed by atoms with Crippen LogP contribution in [0.4, 0.5) is 0 Å². The van der Waals surface area contributed by atoms with Gasteiger partial charge in [0.05, 0.1) is 13.2 Å². The second kappa shape index (κ2) is 11.0. The smallest absolute Gasteiger partial charge is 0.191 e. The van der Waals surface area contributed by atoms with E-state index in [1.54, 1.807) is 7.11 Å². The van der Waals surface area contributed by atoms with Crippen LogP contribution >= 0.6 is 0 Å². The van der Waals surface area contributed by atoms with Crippen molar-refractivity contribution in [2.45, 2.75) is 25.3 Å². The molecule has 0 spiro atoms. The number of likely N-dealkylation sites (N-methyl/N-ethyl adjacent to an activating group) is 1. The molecule has 1 atom stereocenters. The van der Waals surface area contributed by atoms with Crippen LogP contribution < -0.4 is 15.4 Å². The highest BCUT2D eigenvalue weighted by molar-refractivity contribution is 5.79. The van der Waals surface area contributed by atoms with Gasteiger partial charge in [-0.05, 0) is 57.7 Å². The first-order valence-corrected chi connectivity index (χ1v) is 9.61. The molecule has 0 amide bonds. The summed E-state index contributed by atoms with van der Waals surface area (Å²) in [6.07, 6.45) is 4.04. The first-order chi connectivity index (χ1) is 12.6. The number of guanidine groups is 1. The van der Waals surface area contributed by atoms with Crippen LogP contribution in [0.5, 0.6) is 5.75 Å². The number of ether oxygens (including phenoxy) is 1. The number of aliphatic imine (C=N–C) groups is 1. The van der Waals surface area contributed by atoms with E-state index >= 15 is 0 Å². The molecule has 0 radical (unpaired) electrons. The lowest BCUT2D eigenvalue weighted by Crippen LogP contribution is -2.44. The highest BCUT2D eigenvalue weighted by Gasteiger charge is 2.15. The molecule has 6 nitrogen and oxygen atoms in total. The van der Waals surface area contributed by atoms with E-state index in [4.69, 9.17) is 4.74 Å². The third-order valence-electron chi connectivity index (χ3n) is 4.98. The van der Waals surface area contributed by atoms with Crippen molar-refractivity contribution in [3.63, 3.8) is 0 Å². The van der Waals surface area contributed by atoms with Gasteiger partial charge in [-0.15, -0.1) is 0 Å². The Morgan fingerprint density at radius 1 is 1.15 bits per heavy atom. The van der Waals surface area contributed by atoms with Crippen LogP contribution in [0.3, 0.4) is 0 Å². The SMILES string of the molecule is CN=C(NCCN1CCCCC1)NCC(c1ccc(OC)cc1)N(C)C. The molecule has 1 aliphatic rings. The first kappa shape index (κ1) is 20.5. The van der Waals surface area contributed by atoms with Gasteiger partial charge < -0.3 is 25.2 Å². The molecule has 6 heteroatoms. The van der Waals surface area contributed by atoms with Crippen molar-refractivity contribution in [3.05, 3.63) is 29.8 Å². The Morgan fingerprint density at radius 3 is 2.42 bits per heavy atom. The second-order valence-corrected chi connectivity index (χ2v) is 7.03. The molecule has 1 aliphatic heterocycles.